The van der Waals surface area contributed by atoms with Crippen LogP contribution in [0.1, 0.15) is 19.4 Å². The van der Waals surface area contributed by atoms with Crippen molar-refractivity contribution < 1.29 is 4.39 Å². The van der Waals surface area contributed by atoms with E-state index >= 15 is 0 Å². The molecule has 0 aliphatic carbocycles. The van der Waals surface area contributed by atoms with Crippen molar-refractivity contribution in [2.75, 3.05) is 44.4 Å². The monoisotopic (exact) mass is 373 g/mol. The Morgan fingerprint density at radius 2 is 1.77 bits per heavy atom. The van der Waals surface area contributed by atoms with E-state index in [-0.39, 0.29) is 5.82 Å². The molecule has 2 aromatic rings. The van der Waals surface area contributed by atoms with Gasteiger partial charge in [-0.15, -0.1) is 0 Å². The number of hydrogen-bond acceptors (Lipinski definition) is 6. The first kappa shape index (κ1) is 20.1. The molecule has 1 heterocycles. The number of nitrogens with zero attached hydrogens (tertiary/aromatic N) is 5. The van der Waals surface area contributed by atoms with Gasteiger partial charge in [0, 0.05) is 32.0 Å². The van der Waals surface area contributed by atoms with Crippen LogP contribution in [0.5, 0.6) is 0 Å². The normalized spacial score (nSPS) is 10.8. The lowest BCUT2D eigenvalue weighted by Crippen LogP contribution is -2.25. The Morgan fingerprint density at radius 3 is 2.31 bits per heavy atom. The Hall–Kier alpha value is -2.17. The highest BCUT2D eigenvalue weighted by molar-refractivity contribution is 7.99. The summed E-state index contributed by atoms with van der Waals surface area (Å²) >= 11 is 1.57. The van der Waals surface area contributed by atoms with Gasteiger partial charge >= 0.3 is 0 Å². The molecule has 5 nitrogen and oxygen atoms in total. The van der Waals surface area contributed by atoms with Crippen molar-refractivity contribution in [2.24, 2.45) is 0 Å². The van der Waals surface area contributed by atoms with Crippen molar-refractivity contribution in [3.63, 3.8) is 0 Å². The number of aromatic nitrogens is 2. The van der Waals surface area contributed by atoms with Crippen molar-refractivity contribution in [1.82, 2.24) is 14.9 Å². The zero-order chi connectivity index (χ0) is 19.1. The van der Waals surface area contributed by atoms with Crippen LogP contribution in [0, 0.1) is 17.1 Å². The number of anilines is 1. The maximum absolute atomic E-state index is 13.3. The van der Waals surface area contributed by atoms with Gasteiger partial charge in [-0.2, -0.15) is 5.26 Å². The maximum atomic E-state index is 13.3. The Bertz CT molecular complexity index is 767. The zero-order valence-electron chi connectivity index (χ0n) is 15.7. The molecule has 2 rings (SSSR count). The SMILES string of the molecule is CCN(CC)CCSc1nc(-c2ccc(F)cc2)c(C#N)c(N(C)C)n1. The van der Waals surface area contributed by atoms with Crippen LogP contribution in [0.2, 0.25) is 0 Å². The largest absolute Gasteiger partial charge is 0.361 e. The Morgan fingerprint density at radius 1 is 1.12 bits per heavy atom. The smallest absolute Gasteiger partial charge is 0.190 e. The molecule has 26 heavy (non-hydrogen) atoms. The molecule has 1 aromatic heterocycles. The van der Waals surface area contributed by atoms with E-state index in [0.717, 1.165) is 25.4 Å². The van der Waals surface area contributed by atoms with E-state index in [2.05, 4.69) is 34.8 Å². The summed E-state index contributed by atoms with van der Waals surface area (Å²) in [6.45, 7) is 7.25. The van der Waals surface area contributed by atoms with Gasteiger partial charge in [0.15, 0.2) is 11.0 Å². The van der Waals surface area contributed by atoms with E-state index in [4.69, 9.17) is 0 Å². The number of benzene rings is 1. The van der Waals surface area contributed by atoms with Crippen molar-refractivity contribution in [3.05, 3.63) is 35.6 Å². The van der Waals surface area contributed by atoms with Crippen LogP contribution in [-0.4, -0.2) is 54.4 Å². The molecule has 0 fully saturated rings. The second-order valence-electron chi connectivity index (χ2n) is 5.94. The summed E-state index contributed by atoms with van der Waals surface area (Å²) in [5.74, 6) is 1.12. The van der Waals surface area contributed by atoms with E-state index in [1.165, 1.54) is 12.1 Å². The number of rotatable bonds is 8. The molecule has 7 heteroatoms. The molecule has 0 saturated heterocycles. The van der Waals surface area contributed by atoms with Crippen LogP contribution in [0.25, 0.3) is 11.3 Å². The molecule has 0 radical (unpaired) electrons. The lowest BCUT2D eigenvalue weighted by atomic mass is 10.1. The highest BCUT2D eigenvalue weighted by Crippen LogP contribution is 2.30. The van der Waals surface area contributed by atoms with Crippen LogP contribution in [0.3, 0.4) is 0 Å². The number of halogens is 1. The molecular weight excluding hydrogens is 349 g/mol. The molecule has 0 amide bonds. The zero-order valence-corrected chi connectivity index (χ0v) is 16.5. The van der Waals surface area contributed by atoms with E-state index in [1.807, 2.05) is 19.0 Å². The van der Waals surface area contributed by atoms with Crippen molar-refractivity contribution in [3.8, 4) is 17.3 Å². The third-order valence-electron chi connectivity index (χ3n) is 4.06. The number of hydrogen-bond donors (Lipinski definition) is 0. The highest BCUT2D eigenvalue weighted by atomic mass is 32.2. The predicted octanol–water partition coefficient (Wildman–Crippen LogP) is 3.65. The van der Waals surface area contributed by atoms with Gasteiger partial charge < -0.3 is 9.80 Å². The Kier molecular flexibility index (Phi) is 7.37. The van der Waals surface area contributed by atoms with Crippen molar-refractivity contribution >= 4 is 17.6 Å². The summed E-state index contributed by atoms with van der Waals surface area (Å²) < 4.78 is 13.3. The first-order valence-corrected chi connectivity index (χ1v) is 9.59. The standard InChI is InChI=1S/C19H24FN5S/c1-5-25(6-2)11-12-26-19-22-17(14-7-9-15(20)10-8-14)16(13-21)18(23-19)24(3)4/h7-10H,5-6,11-12H2,1-4H3. The average molecular weight is 374 g/mol. The van der Waals surface area contributed by atoms with Crippen LogP contribution >= 0.6 is 11.8 Å². The van der Waals surface area contributed by atoms with E-state index in [1.54, 1.807) is 23.9 Å². The summed E-state index contributed by atoms with van der Waals surface area (Å²) in [4.78, 5) is 13.3. The van der Waals surface area contributed by atoms with E-state index < -0.39 is 0 Å². The molecule has 0 aliphatic heterocycles. The van der Waals surface area contributed by atoms with Gasteiger partial charge in [-0.3, -0.25) is 0 Å². The predicted molar refractivity (Wildman–Crippen MR) is 105 cm³/mol. The molecule has 0 N–H and O–H groups in total. The summed E-state index contributed by atoms with van der Waals surface area (Å²) in [5.41, 5.74) is 1.64. The van der Waals surface area contributed by atoms with Crippen molar-refractivity contribution in [1.29, 1.82) is 5.26 Å². The quantitative estimate of drug-likeness (QED) is 0.520. The Balaban J connectivity index is 2.38. The fraction of sp³-hybridized carbons (Fsp3) is 0.421. The van der Waals surface area contributed by atoms with Gasteiger partial charge in [0.2, 0.25) is 0 Å². The molecule has 0 bridgehead atoms. The summed E-state index contributed by atoms with van der Waals surface area (Å²) in [6, 6.07) is 8.24. The third kappa shape index (κ3) is 4.93. The number of nitriles is 1. The van der Waals surface area contributed by atoms with Gasteiger partial charge in [0.05, 0.1) is 5.69 Å². The minimum Gasteiger partial charge on any atom is -0.361 e. The van der Waals surface area contributed by atoms with Crippen LogP contribution in [-0.2, 0) is 0 Å². The van der Waals surface area contributed by atoms with Gasteiger partial charge in [-0.1, -0.05) is 25.6 Å². The van der Waals surface area contributed by atoms with Gasteiger partial charge in [-0.25, -0.2) is 14.4 Å². The van der Waals surface area contributed by atoms with Crippen molar-refractivity contribution in [2.45, 2.75) is 19.0 Å². The summed E-state index contributed by atoms with van der Waals surface area (Å²) in [6.07, 6.45) is 0. The first-order chi connectivity index (χ1) is 12.5. The summed E-state index contributed by atoms with van der Waals surface area (Å²) in [5, 5.41) is 10.2. The average Bonchev–Trinajstić information content (AvgIpc) is 2.65. The van der Waals surface area contributed by atoms with Gasteiger partial charge in [0.25, 0.3) is 0 Å². The minimum absolute atomic E-state index is 0.317. The van der Waals surface area contributed by atoms with Gasteiger partial charge in [0.1, 0.15) is 17.4 Å². The summed E-state index contributed by atoms with van der Waals surface area (Å²) in [7, 11) is 3.70. The molecular formula is C19H24FN5S. The second kappa shape index (κ2) is 9.51. The highest BCUT2D eigenvalue weighted by Gasteiger charge is 2.18. The molecule has 0 saturated carbocycles. The molecule has 0 aliphatic rings. The third-order valence-corrected chi connectivity index (χ3v) is 4.88. The second-order valence-corrected chi connectivity index (χ2v) is 7.00. The molecule has 0 atom stereocenters. The lowest BCUT2D eigenvalue weighted by molar-refractivity contribution is 0.324. The minimum atomic E-state index is -0.317. The van der Waals surface area contributed by atoms with Crippen LogP contribution in [0.4, 0.5) is 10.2 Å². The van der Waals surface area contributed by atoms with E-state index in [9.17, 15) is 9.65 Å². The fourth-order valence-electron chi connectivity index (χ4n) is 2.54. The maximum Gasteiger partial charge on any atom is 0.190 e. The van der Waals surface area contributed by atoms with Crippen LogP contribution in [0.15, 0.2) is 29.4 Å². The Labute approximate surface area is 158 Å². The molecule has 1 aromatic carbocycles. The molecule has 0 unspecified atom stereocenters. The van der Waals surface area contributed by atoms with E-state index in [0.29, 0.717) is 27.8 Å². The number of thioether (sulfide) groups is 1. The first-order valence-electron chi connectivity index (χ1n) is 8.60. The van der Waals surface area contributed by atoms with Gasteiger partial charge in [-0.05, 0) is 37.4 Å². The molecule has 138 valence electrons. The fourth-order valence-corrected chi connectivity index (χ4v) is 3.38. The topological polar surface area (TPSA) is 56.1 Å². The lowest BCUT2D eigenvalue weighted by Gasteiger charge is -2.18. The van der Waals surface area contributed by atoms with Crippen LogP contribution < -0.4 is 4.90 Å². The molecule has 0 spiro atoms.